The van der Waals surface area contributed by atoms with Gasteiger partial charge in [-0.15, -0.1) is 0 Å². The zero-order valence-corrected chi connectivity index (χ0v) is 13.1. The van der Waals surface area contributed by atoms with Crippen molar-refractivity contribution in [2.24, 2.45) is 11.1 Å². The molecule has 2 N–H and O–H groups in total. The lowest BCUT2D eigenvalue weighted by Crippen LogP contribution is -2.29. The van der Waals surface area contributed by atoms with Gasteiger partial charge in [0.25, 0.3) is 5.91 Å². The largest absolute Gasteiger partial charge is 0.338 e. The third-order valence-electron chi connectivity index (χ3n) is 3.27. The highest BCUT2D eigenvalue weighted by atomic mass is 35.5. The standard InChI is InChI=1S/C12H14Cl2N2O3S/c1-7-2-3-16(6-7)12(17)9-4-8(20(15,18)19)5-10(13)11(9)14/h4-5,7H,2-3,6H2,1H3,(H2,15,18,19). The van der Waals surface area contributed by atoms with Crippen LogP contribution in [0.25, 0.3) is 0 Å². The molecule has 1 aliphatic heterocycles. The highest BCUT2D eigenvalue weighted by Crippen LogP contribution is 2.31. The van der Waals surface area contributed by atoms with Crippen molar-refractivity contribution in [1.29, 1.82) is 0 Å². The summed E-state index contributed by atoms with van der Waals surface area (Å²) in [5.74, 6) is 0.0846. The first-order valence-electron chi connectivity index (χ1n) is 6.01. The number of halogens is 2. The van der Waals surface area contributed by atoms with Crippen LogP contribution in [0.1, 0.15) is 23.7 Å². The molecule has 2 rings (SSSR count). The molecular formula is C12H14Cl2N2O3S. The van der Waals surface area contributed by atoms with Crippen molar-refractivity contribution in [2.45, 2.75) is 18.2 Å². The van der Waals surface area contributed by atoms with E-state index in [-0.39, 0.29) is 26.4 Å². The minimum Gasteiger partial charge on any atom is -0.338 e. The highest BCUT2D eigenvalue weighted by Gasteiger charge is 2.27. The van der Waals surface area contributed by atoms with Crippen molar-refractivity contribution in [3.63, 3.8) is 0 Å². The number of carbonyl (C=O) groups is 1. The maximum Gasteiger partial charge on any atom is 0.255 e. The normalized spacial score (nSPS) is 19.4. The number of primary sulfonamides is 1. The summed E-state index contributed by atoms with van der Waals surface area (Å²) in [6, 6.07) is 2.32. The molecule has 1 heterocycles. The first kappa shape index (κ1) is 15.6. The molecule has 0 bridgehead atoms. The van der Waals surface area contributed by atoms with E-state index in [1.165, 1.54) is 6.07 Å². The van der Waals surface area contributed by atoms with E-state index in [1.807, 2.05) is 6.92 Å². The Morgan fingerprint density at radius 3 is 2.55 bits per heavy atom. The van der Waals surface area contributed by atoms with Crippen LogP contribution in [0.4, 0.5) is 0 Å². The smallest absolute Gasteiger partial charge is 0.255 e. The van der Waals surface area contributed by atoms with Crippen molar-refractivity contribution >= 4 is 39.1 Å². The molecule has 1 aliphatic rings. The van der Waals surface area contributed by atoms with E-state index in [2.05, 4.69) is 0 Å². The van der Waals surface area contributed by atoms with Gasteiger partial charge in [0.1, 0.15) is 0 Å². The van der Waals surface area contributed by atoms with E-state index in [0.717, 1.165) is 12.5 Å². The fourth-order valence-electron chi connectivity index (χ4n) is 2.17. The number of hydrogen-bond acceptors (Lipinski definition) is 3. The molecule has 0 radical (unpaired) electrons. The maximum atomic E-state index is 12.4. The summed E-state index contributed by atoms with van der Waals surface area (Å²) in [4.78, 5) is 13.8. The summed E-state index contributed by atoms with van der Waals surface area (Å²) in [6.07, 6.45) is 0.909. The van der Waals surface area contributed by atoms with Crippen molar-refractivity contribution < 1.29 is 13.2 Å². The number of hydrogen-bond donors (Lipinski definition) is 1. The van der Waals surface area contributed by atoms with Crippen LogP contribution in [0.2, 0.25) is 10.0 Å². The van der Waals surface area contributed by atoms with Gasteiger partial charge in [0.15, 0.2) is 0 Å². The van der Waals surface area contributed by atoms with Gasteiger partial charge in [-0.05, 0) is 24.5 Å². The van der Waals surface area contributed by atoms with Gasteiger partial charge < -0.3 is 4.90 Å². The van der Waals surface area contributed by atoms with Crippen LogP contribution in [0, 0.1) is 5.92 Å². The van der Waals surface area contributed by atoms with Gasteiger partial charge in [0.05, 0.1) is 20.5 Å². The Labute approximate surface area is 127 Å². The molecule has 1 unspecified atom stereocenters. The molecule has 110 valence electrons. The monoisotopic (exact) mass is 336 g/mol. The number of nitrogens with two attached hydrogens (primary N) is 1. The molecule has 0 spiro atoms. The average molecular weight is 337 g/mol. The van der Waals surface area contributed by atoms with Crippen LogP contribution in [0.5, 0.6) is 0 Å². The zero-order valence-electron chi connectivity index (χ0n) is 10.8. The predicted octanol–water partition coefficient (Wildman–Crippen LogP) is 2.12. The predicted molar refractivity (Wildman–Crippen MR) is 77.5 cm³/mol. The van der Waals surface area contributed by atoms with Crippen molar-refractivity contribution in [3.05, 3.63) is 27.7 Å². The van der Waals surface area contributed by atoms with E-state index in [1.54, 1.807) is 4.90 Å². The van der Waals surface area contributed by atoms with Crippen LogP contribution in [0.15, 0.2) is 17.0 Å². The first-order chi connectivity index (χ1) is 9.20. The van der Waals surface area contributed by atoms with Crippen LogP contribution >= 0.6 is 23.2 Å². The molecule has 1 atom stereocenters. The van der Waals surface area contributed by atoms with Crippen LogP contribution in [-0.2, 0) is 10.0 Å². The SMILES string of the molecule is CC1CCN(C(=O)c2cc(S(N)(=O)=O)cc(Cl)c2Cl)C1. The van der Waals surface area contributed by atoms with Crippen molar-refractivity contribution in [1.82, 2.24) is 4.90 Å². The molecule has 8 heteroatoms. The zero-order chi connectivity index (χ0) is 15.1. The lowest BCUT2D eigenvalue weighted by molar-refractivity contribution is 0.0788. The molecule has 20 heavy (non-hydrogen) atoms. The summed E-state index contributed by atoms with van der Waals surface area (Å²) in [5.41, 5.74) is 0.0669. The molecule has 1 amide bonds. The summed E-state index contributed by atoms with van der Waals surface area (Å²) in [5, 5.41) is 5.11. The minimum absolute atomic E-state index is 0.00575. The number of sulfonamides is 1. The number of nitrogens with zero attached hydrogens (tertiary/aromatic N) is 1. The number of rotatable bonds is 2. The molecule has 1 aromatic carbocycles. The molecule has 1 aromatic rings. The molecule has 1 saturated heterocycles. The Bertz CT molecular complexity index is 661. The van der Waals surface area contributed by atoms with Gasteiger partial charge in [-0.2, -0.15) is 0 Å². The summed E-state index contributed by atoms with van der Waals surface area (Å²) < 4.78 is 22.8. The summed E-state index contributed by atoms with van der Waals surface area (Å²) in [7, 11) is -3.95. The summed E-state index contributed by atoms with van der Waals surface area (Å²) >= 11 is 11.9. The number of carbonyl (C=O) groups excluding carboxylic acids is 1. The maximum absolute atomic E-state index is 12.4. The quantitative estimate of drug-likeness (QED) is 0.898. The van der Waals surface area contributed by atoms with E-state index in [0.29, 0.717) is 19.0 Å². The van der Waals surface area contributed by atoms with Crippen molar-refractivity contribution in [3.8, 4) is 0 Å². The van der Waals surface area contributed by atoms with Gasteiger partial charge in [0, 0.05) is 13.1 Å². The summed E-state index contributed by atoms with van der Waals surface area (Å²) in [6.45, 7) is 3.28. The Hall–Kier alpha value is -0.820. The number of benzene rings is 1. The van der Waals surface area contributed by atoms with Crippen molar-refractivity contribution in [2.75, 3.05) is 13.1 Å². The second-order valence-corrected chi connectivity index (χ2v) is 7.30. The Morgan fingerprint density at radius 2 is 2.05 bits per heavy atom. The van der Waals surface area contributed by atoms with Crippen LogP contribution in [-0.4, -0.2) is 32.3 Å². The third-order valence-corrected chi connectivity index (χ3v) is 4.97. The highest BCUT2D eigenvalue weighted by molar-refractivity contribution is 7.89. The Kier molecular flexibility index (Phi) is 4.30. The minimum atomic E-state index is -3.95. The van der Waals surface area contributed by atoms with Gasteiger partial charge in [0.2, 0.25) is 10.0 Å². The average Bonchev–Trinajstić information content (AvgIpc) is 2.77. The molecule has 0 aromatic heterocycles. The lowest BCUT2D eigenvalue weighted by Gasteiger charge is -2.17. The van der Waals surface area contributed by atoms with Gasteiger partial charge >= 0.3 is 0 Å². The van der Waals surface area contributed by atoms with E-state index >= 15 is 0 Å². The second kappa shape index (κ2) is 5.52. The van der Waals surface area contributed by atoms with Crippen LogP contribution in [0.3, 0.4) is 0 Å². The Morgan fingerprint density at radius 1 is 1.40 bits per heavy atom. The number of amides is 1. The second-order valence-electron chi connectivity index (χ2n) is 4.96. The van der Waals surface area contributed by atoms with E-state index in [9.17, 15) is 13.2 Å². The van der Waals surface area contributed by atoms with Gasteiger partial charge in [-0.1, -0.05) is 30.1 Å². The van der Waals surface area contributed by atoms with Gasteiger partial charge in [-0.25, -0.2) is 13.6 Å². The topological polar surface area (TPSA) is 80.5 Å². The lowest BCUT2D eigenvalue weighted by atomic mass is 10.2. The third kappa shape index (κ3) is 3.09. The molecule has 1 fully saturated rings. The van der Waals surface area contributed by atoms with Crippen LogP contribution < -0.4 is 5.14 Å². The fourth-order valence-corrected chi connectivity index (χ4v) is 3.21. The number of likely N-dealkylation sites (tertiary alicyclic amines) is 1. The molecular weight excluding hydrogens is 323 g/mol. The molecule has 5 nitrogen and oxygen atoms in total. The van der Waals surface area contributed by atoms with E-state index in [4.69, 9.17) is 28.3 Å². The first-order valence-corrected chi connectivity index (χ1v) is 8.31. The fraction of sp³-hybridized carbons (Fsp3) is 0.417. The van der Waals surface area contributed by atoms with Gasteiger partial charge in [-0.3, -0.25) is 4.79 Å². The van der Waals surface area contributed by atoms with E-state index < -0.39 is 10.0 Å². The molecule has 0 saturated carbocycles. The Balaban J connectivity index is 2.45. The molecule has 0 aliphatic carbocycles.